The van der Waals surface area contributed by atoms with E-state index in [0.29, 0.717) is 18.0 Å². The summed E-state index contributed by atoms with van der Waals surface area (Å²) in [4.78, 5) is 10.7. The van der Waals surface area contributed by atoms with Gasteiger partial charge in [-0.2, -0.15) is 0 Å². The Hall–Kier alpha value is -0.540. The largest absolute Gasteiger partial charge is 0.469 e. The molecular formula is C8H14ClNO2. The molecule has 0 aliphatic heterocycles. The summed E-state index contributed by atoms with van der Waals surface area (Å²) >= 11 is 5.52. The predicted octanol–water partition coefficient (Wildman–Crippen LogP) is 1.28. The summed E-state index contributed by atoms with van der Waals surface area (Å²) in [6.45, 7) is 5.91. The lowest BCUT2D eigenvalue weighted by atomic mass is 10.2. The van der Waals surface area contributed by atoms with Crippen LogP contribution in [0, 0.1) is 0 Å². The van der Waals surface area contributed by atoms with Gasteiger partial charge in [0.1, 0.15) is 0 Å². The Labute approximate surface area is 77.7 Å². The second kappa shape index (κ2) is 6.03. The molecule has 1 N–H and O–H groups in total. The molecule has 0 aromatic heterocycles. The molecule has 0 radical (unpaired) electrons. The monoisotopic (exact) mass is 191 g/mol. The van der Waals surface area contributed by atoms with Crippen molar-refractivity contribution in [2.45, 2.75) is 19.4 Å². The van der Waals surface area contributed by atoms with Crippen LogP contribution >= 0.6 is 11.6 Å². The zero-order chi connectivity index (χ0) is 9.56. The van der Waals surface area contributed by atoms with Crippen LogP contribution in [0.1, 0.15) is 13.3 Å². The zero-order valence-electron chi connectivity index (χ0n) is 7.39. The van der Waals surface area contributed by atoms with E-state index in [9.17, 15) is 4.79 Å². The zero-order valence-corrected chi connectivity index (χ0v) is 8.15. The number of hydrogen-bond donors (Lipinski definition) is 1. The van der Waals surface area contributed by atoms with Gasteiger partial charge >= 0.3 is 5.97 Å². The molecule has 0 rings (SSSR count). The Bertz CT molecular complexity index is 170. The number of rotatable bonds is 5. The highest BCUT2D eigenvalue weighted by Gasteiger charge is 2.07. The number of nitrogens with one attached hydrogen (secondary N) is 1. The first-order valence-electron chi connectivity index (χ1n) is 3.69. The lowest BCUT2D eigenvalue weighted by Gasteiger charge is -2.10. The number of esters is 1. The summed E-state index contributed by atoms with van der Waals surface area (Å²) in [6, 6.07) is 0.0629. The van der Waals surface area contributed by atoms with Gasteiger partial charge < -0.3 is 10.1 Å². The van der Waals surface area contributed by atoms with E-state index in [0.717, 1.165) is 0 Å². The summed E-state index contributed by atoms with van der Waals surface area (Å²) < 4.78 is 4.49. The maximum Gasteiger partial charge on any atom is 0.307 e. The van der Waals surface area contributed by atoms with Crippen molar-refractivity contribution in [2.24, 2.45) is 0 Å². The van der Waals surface area contributed by atoms with Gasteiger partial charge in [0.2, 0.25) is 0 Å². The summed E-state index contributed by atoms with van der Waals surface area (Å²) in [5, 5.41) is 3.55. The van der Waals surface area contributed by atoms with Gasteiger partial charge in [0.25, 0.3) is 0 Å². The molecule has 0 bridgehead atoms. The second-order valence-electron chi connectivity index (χ2n) is 2.58. The predicted molar refractivity (Wildman–Crippen MR) is 49.1 cm³/mol. The minimum Gasteiger partial charge on any atom is -0.469 e. The third kappa shape index (κ3) is 6.19. The second-order valence-corrected chi connectivity index (χ2v) is 3.11. The van der Waals surface area contributed by atoms with E-state index in [1.54, 1.807) is 0 Å². The number of carbonyl (C=O) groups is 1. The number of methoxy groups -OCH3 is 1. The van der Waals surface area contributed by atoms with Crippen molar-refractivity contribution in [3.63, 3.8) is 0 Å². The molecule has 0 aliphatic carbocycles. The number of carbonyl (C=O) groups excluding carboxylic acids is 1. The average molecular weight is 192 g/mol. The minimum atomic E-state index is -0.227. The van der Waals surface area contributed by atoms with Crippen LogP contribution in [0.15, 0.2) is 11.6 Å². The molecule has 3 nitrogen and oxygen atoms in total. The number of halogens is 1. The molecule has 0 saturated heterocycles. The maximum atomic E-state index is 10.7. The van der Waals surface area contributed by atoms with Gasteiger partial charge in [0, 0.05) is 17.6 Å². The molecule has 0 aromatic rings. The third-order valence-corrected chi connectivity index (χ3v) is 1.48. The molecule has 0 heterocycles. The average Bonchev–Trinajstić information content (AvgIpc) is 2.00. The molecule has 0 spiro atoms. The highest BCUT2D eigenvalue weighted by Crippen LogP contribution is 1.97. The van der Waals surface area contributed by atoms with E-state index in [4.69, 9.17) is 11.6 Å². The van der Waals surface area contributed by atoms with Gasteiger partial charge in [-0.1, -0.05) is 18.2 Å². The fourth-order valence-corrected chi connectivity index (χ4v) is 0.768. The SMILES string of the molecule is C=C(Cl)CNC(C)CC(=O)OC. The van der Waals surface area contributed by atoms with Crippen molar-refractivity contribution in [2.75, 3.05) is 13.7 Å². The molecule has 1 unspecified atom stereocenters. The van der Waals surface area contributed by atoms with Crippen molar-refractivity contribution in [1.29, 1.82) is 0 Å². The molecule has 0 fully saturated rings. The minimum absolute atomic E-state index is 0.0629. The van der Waals surface area contributed by atoms with Crippen molar-refractivity contribution in [3.05, 3.63) is 11.6 Å². The Morgan fingerprint density at radius 1 is 1.75 bits per heavy atom. The standard InChI is InChI=1S/C8H14ClNO2/c1-6(9)5-10-7(2)4-8(11)12-3/h7,10H,1,4-5H2,2-3H3. The van der Waals surface area contributed by atoms with E-state index in [-0.39, 0.29) is 12.0 Å². The van der Waals surface area contributed by atoms with E-state index >= 15 is 0 Å². The van der Waals surface area contributed by atoms with Crippen LogP contribution in [-0.4, -0.2) is 25.7 Å². The molecule has 0 amide bonds. The number of ether oxygens (including phenoxy) is 1. The summed E-state index contributed by atoms with van der Waals surface area (Å²) in [6.07, 6.45) is 0.348. The maximum absolute atomic E-state index is 10.7. The lowest BCUT2D eigenvalue weighted by molar-refractivity contribution is -0.141. The Kier molecular flexibility index (Phi) is 5.76. The van der Waals surface area contributed by atoms with Gasteiger partial charge in [-0.3, -0.25) is 4.79 Å². The van der Waals surface area contributed by atoms with Crippen molar-refractivity contribution in [1.82, 2.24) is 5.32 Å². The first-order valence-corrected chi connectivity index (χ1v) is 4.07. The molecule has 0 aromatic carbocycles. The van der Waals surface area contributed by atoms with Crippen LogP contribution < -0.4 is 5.32 Å². The normalized spacial score (nSPS) is 12.2. The van der Waals surface area contributed by atoms with E-state index in [1.165, 1.54) is 7.11 Å². The van der Waals surface area contributed by atoms with E-state index in [1.807, 2.05) is 6.92 Å². The topological polar surface area (TPSA) is 38.3 Å². The van der Waals surface area contributed by atoms with Gasteiger partial charge in [0.05, 0.1) is 13.5 Å². The Morgan fingerprint density at radius 3 is 2.75 bits per heavy atom. The van der Waals surface area contributed by atoms with Gasteiger partial charge in [-0.05, 0) is 6.92 Å². The number of hydrogen-bond acceptors (Lipinski definition) is 3. The quantitative estimate of drug-likeness (QED) is 0.666. The molecule has 70 valence electrons. The van der Waals surface area contributed by atoms with Crippen LogP contribution in [0.3, 0.4) is 0 Å². The molecule has 0 saturated carbocycles. The first kappa shape index (κ1) is 11.5. The van der Waals surface area contributed by atoms with Crippen LogP contribution in [0.25, 0.3) is 0 Å². The van der Waals surface area contributed by atoms with E-state index in [2.05, 4.69) is 16.6 Å². The Morgan fingerprint density at radius 2 is 2.33 bits per heavy atom. The van der Waals surface area contributed by atoms with Crippen LogP contribution in [0.4, 0.5) is 0 Å². The van der Waals surface area contributed by atoms with Gasteiger partial charge in [-0.25, -0.2) is 0 Å². The molecular weight excluding hydrogens is 178 g/mol. The van der Waals surface area contributed by atoms with Crippen molar-refractivity contribution >= 4 is 17.6 Å². The summed E-state index contributed by atoms with van der Waals surface area (Å²) in [5.74, 6) is -0.227. The molecule has 0 aliphatic rings. The summed E-state index contributed by atoms with van der Waals surface area (Å²) in [5.41, 5.74) is 0. The Balaban J connectivity index is 3.52. The first-order chi connectivity index (χ1) is 5.56. The van der Waals surface area contributed by atoms with Crippen molar-refractivity contribution in [3.8, 4) is 0 Å². The lowest BCUT2D eigenvalue weighted by Crippen LogP contribution is -2.29. The summed E-state index contributed by atoms with van der Waals surface area (Å²) in [7, 11) is 1.37. The third-order valence-electron chi connectivity index (χ3n) is 1.34. The molecule has 12 heavy (non-hydrogen) atoms. The van der Waals surface area contributed by atoms with Crippen LogP contribution in [0.5, 0.6) is 0 Å². The van der Waals surface area contributed by atoms with Crippen LogP contribution in [0.2, 0.25) is 0 Å². The smallest absolute Gasteiger partial charge is 0.307 e. The fraction of sp³-hybridized carbons (Fsp3) is 0.625. The highest BCUT2D eigenvalue weighted by molar-refractivity contribution is 6.29. The highest BCUT2D eigenvalue weighted by atomic mass is 35.5. The van der Waals surface area contributed by atoms with Crippen molar-refractivity contribution < 1.29 is 9.53 Å². The molecule has 4 heteroatoms. The molecule has 1 atom stereocenters. The van der Waals surface area contributed by atoms with E-state index < -0.39 is 0 Å². The fourth-order valence-electron chi connectivity index (χ4n) is 0.690. The van der Waals surface area contributed by atoms with Gasteiger partial charge in [-0.15, -0.1) is 0 Å². The van der Waals surface area contributed by atoms with Crippen LogP contribution in [-0.2, 0) is 9.53 Å². The van der Waals surface area contributed by atoms with Gasteiger partial charge in [0.15, 0.2) is 0 Å².